The SMILES string of the molecule is CSOCCC1CCCO1. The largest absolute Gasteiger partial charge is 0.378 e. The van der Waals surface area contributed by atoms with Crippen LogP contribution in [0.25, 0.3) is 0 Å². The zero-order valence-corrected chi connectivity index (χ0v) is 7.15. The predicted molar refractivity (Wildman–Crippen MR) is 43.1 cm³/mol. The molecular weight excluding hydrogens is 148 g/mol. The zero-order chi connectivity index (χ0) is 7.23. The van der Waals surface area contributed by atoms with E-state index >= 15 is 0 Å². The first kappa shape index (κ1) is 8.37. The van der Waals surface area contributed by atoms with Crippen LogP contribution >= 0.6 is 12.0 Å². The van der Waals surface area contributed by atoms with Crippen molar-refractivity contribution < 1.29 is 8.92 Å². The second-order valence-electron chi connectivity index (χ2n) is 2.41. The summed E-state index contributed by atoms with van der Waals surface area (Å²) in [4.78, 5) is 0. The molecule has 1 aliphatic heterocycles. The second-order valence-corrected chi connectivity index (χ2v) is 2.98. The Morgan fingerprint density at radius 1 is 1.70 bits per heavy atom. The molecule has 0 aromatic carbocycles. The van der Waals surface area contributed by atoms with E-state index in [-0.39, 0.29) is 0 Å². The van der Waals surface area contributed by atoms with Crippen molar-refractivity contribution in [2.24, 2.45) is 0 Å². The summed E-state index contributed by atoms with van der Waals surface area (Å²) in [7, 11) is 0. The van der Waals surface area contributed by atoms with Gasteiger partial charge in [-0.25, -0.2) is 0 Å². The van der Waals surface area contributed by atoms with Crippen molar-refractivity contribution in [2.75, 3.05) is 19.5 Å². The first-order valence-electron chi connectivity index (χ1n) is 3.70. The van der Waals surface area contributed by atoms with Crippen molar-refractivity contribution in [3.8, 4) is 0 Å². The Kier molecular flexibility index (Phi) is 4.18. The molecule has 1 rings (SSSR count). The summed E-state index contributed by atoms with van der Waals surface area (Å²) in [5, 5.41) is 0. The smallest absolute Gasteiger partial charge is 0.0638 e. The van der Waals surface area contributed by atoms with Crippen LogP contribution in [-0.2, 0) is 8.92 Å². The summed E-state index contributed by atoms with van der Waals surface area (Å²) >= 11 is 1.43. The number of hydrogen-bond donors (Lipinski definition) is 0. The number of rotatable bonds is 4. The average Bonchev–Trinajstić information content (AvgIpc) is 2.41. The lowest BCUT2D eigenvalue weighted by molar-refractivity contribution is 0.0932. The molecule has 1 fully saturated rings. The normalized spacial score (nSPS) is 25.5. The van der Waals surface area contributed by atoms with Crippen molar-refractivity contribution in [1.29, 1.82) is 0 Å². The Morgan fingerprint density at radius 3 is 3.20 bits per heavy atom. The lowest BCUT2D eigenvalue weighted by Gasteiger charge is -2.06. The highest BCUT2D eigenvalue weighted by atomic mass is 32.2. The topological polar surface area (TPSA) is 18.5 Å². The highest BCUT2D eigenvalue weighted by molar-refractivity contribution is 7.93. The Hall–Kier alpha value is 0.270. The summed E-state index contributed by atoms with van der Waals surface area (Å²) < 4.78 is 10.5. The molecule has 2 nitrogen and oxygen atoms in total. The van der Waals surface area contributed by atoms with Gasteiger partial charge in [-0.3, -0.25) is 0 Å². The van der Waals surface area contributed by atoms with E-state index in [4.69, 9.17) is 8.92 Å². The minimum atomic E-state index is 0.479. The van der Waals surface area contributed by atoms with Gasteiger partial charge in [-0.2, -0.15) is 0 Å². The molecule has 0 bridgehead atoms. The van der Waals surface area contributed by atoms with E-state index in [0.717, 1.165) is 19.6 Å². The molecule has 0 amide bonds. The van der Waals surface area contributed by atoms with Crippen molar-refractivity contribution >= 4 is 12.0 Å². The molecule has 0 spiro atoms. The molecule has 0 aromatic rings. The van der Waals surface area contributed by atoms with Crippen LogP contribution in [0.15, 0.2) is 0 Å². The quantitative estimate of drug-likeness (QED) is 0.464. The van der Waals surface area contributed by atoms with Gasteiger partial charge in [-0.15, -0.1) is 0 Å². The molecular formula is C7H14O2S. The molecule has 1 heterocycles. The van der Waals surface area contributed by atoms with Gasteiger partial charge in [0.15, 0.2) is 0 Å². The average molecular weight is 162 g/mol. The van der Waals surface area contributed by atoms with Crippen molar-refractivity contribution in [3.05, 3.63) is 0 Å². The molecule has 1 saturated heterocycles. The third-order valence-electron chi connectivity index (χ3n) is 1.67. The van der Waals surface area contributed by atoms with Gasteiger partial charge in [0.2, 0.25) is 0 Å². The lowest BCUT2D eigenvalue weighted by Crippen LogP contribution is -2.07. The second kappa shape index (κ2) is 4.99. The van der Waals surface area contributed by atoms with Gasteiger partial charge >= 0.3 is 0 Å². The number of ether oxygens (including phenoxy) is 1. The third kappa shape index (κ3) is 2.90. The van der Waals surface area contributed by atoms with Crippen LogP contribution in [0.1, 0.15) is 19.3 Å². The van der Waals surface area contributed by atoms with Gasteiger partial charge < -0.3 is 8.92 Å². The summed E-state index contributed by atoms with van der Waals surface area (Å²) in [6.07, 6.45) is 5.92. The fourth-order valence-electron chi connectivity index (χ4n) is 1.13. The summed E-state index contributed by atoms with van der Waals surface area (Å²) in [5.74, 6) is 0. The maximum atomic E-state index is 5.41. The van der Waals surface area contributed by atoms with Gasteiger partial charge in [0.25, 0.3) is 0 Å². The molecule has 0 aliphatic carbocycles. The molecule has 0 aromatic heterocycles. The maximum absolute atomic E-state index is 5.41. The molecule has 0 saturated carbocycles. The molecule has 3 heteroatoms. The van der Waals surface area contributed by atoms with E-state index in [0.29, 0.717) is 6.10 Å². The van der Waals surface area contributed by atoms with Crippen molar-refractivity contribution in [3.63, 3.8) is 0 Å². The zero-order valence-electron chi connectivity index (χ0n) is 6.34. The van der Waals surface area contributed by atoms with E-state index in [1.165, 1.54) is 24.9 Å². The van der Waals surface area contributed by atoms with Crippen LogP contribution in [0.2, 0.25) is 0 Å². The molecule has 1 unspecified atom stereocenters. The first-order chi connectivity index (χ1) is 4.93. The standard InChI is InChI=1S/C7H14O2S/c1-10-9-6-4-7-3-2-5-8-7/h7H,2-6H2,1H3. The van der Waals surface area contributed by atoms with Crippen LogP contribution in [0.5, 0.6) is 0 Å². The Labute approximate surface area is 66.5 Å². The molecule has 10 heavy (non-hydrogen) atoms. The summed E-state index contributed by atoms with van der Waals surface area (Å²) in [5.41, 5.74) is 0. The van der Waals surface area contributed by atoms with E-state index in [1.54, 1.807) is 0 Å². The van der Waals surface area contributed by atoms with Gasteiger partial charge in [0.1, 0.15) is 0 Å². The predicted octanol–water partition coefficient (Wildman–Crippen LogP) is 1.85. The highest BCUT2D eigenvalue weighted by Gasteiger charge is 2.14. The molecule has 1 atom stereocenters. The molecule has 60 valence electrons. The minimum absolute atomic E-state index is 0.479. The van der Waals surface area contributed by atoms with Crippen molar-refractivity contribution in [1.82, 2.24) is 0 Å². The summed E-state index contributed by atoms with van der Waals surface area (Å²) in [6.45, 7) is 1.77. The van der Waals surface area contributed by atoms with E-state index in [2.05, 4.69) is 0 Å². The van der Waals surface area contributed by atoms with E-state index in [9.17, 15) is 0 Å². The van der Waals surface area contributed by atoms with E-state index < -0.39 is 0 Å². The van der Waals surface area contributed by atoms with Crippen LogP contribution in [0, 0.1) is 0 Å². The van der Waals surface area contributed by atoms with Crippen molar-refractivity contribution in [2.45, 2.75) is 25.4 Å². The Balaban J connectivity index is 1.91. The maximum Gasteiger partial charge on any atom is 0.0638 e. The third-order valence-corrected chi connectivity index (χ3v) is 2.07. The molecule has 0 N–H and O–H groups in total. The van der Waals surface area contributed by atoms with Gasteiger partial charge in [0.05, 0.1) is 12.7 Å². The Bertz CT molecular complexity index is 81.7. The van der Waals surface area contributed by atoms with E-state index in [1.807, 2.05) is 6.26 Å². The molecule has 0 radical (unpaired) electrons. The van der Waals surface area contributed by atoms with Crippen LogP contribution < -0.4 is 0 Å². The first-order valence-corrected chi connectivity index (χ1v) is 4.85. The monoisotopic (exact) mass is 162 g/mol. The van der Waals surface area contributed by atoms with Crippen LogP contribution in [-0.4, -0.2) is 25.6 Å². The van der Waals surface area contributed by atoms with Gasteiger partial charge in [0, 0.05) is 12.9 Å². The highest BCUT2D eigenvalue weighted by Crippen LogP contribution is 2.15. The number of hydrogen-bond acceptors (Lipinski definition) is 3. The van der Waals surface area contributed by atoms with Crippen LogP contribution in [0.3, 0.4) is 0 Å². The minimum Gasteiger partial charge on any atom is -0.378 e. The fraction of sp³-hybridized carbons (Fsp3) is 1.00. The molecule has 1 aliphatic rings. The fourth-order valence-corrected chi connectivity index (χ4v) is 1.40. The van der Waals surface area contributed by atoms with Crippen LogP contribution in [0.4, 0.5) is 0 Å². The lowest BCUT2D eigenvalue weighted by atomic mass is 10.2. The Morgan fingerprint density at radius 2 is 2.60 bits per heavy atom. The van der Waals surface area contributed by atoms with Gasteiger partial charge in [-0.05, 0) is 31.3 Å². The summed E-state index contributed by atoms with van der Waals surface area (Å²) in [6, 6.07) is 0. The van der Waals surface area contributed by atoms with Gasteiger partial charge in [-0.1, -0.05) is 0 Å².